The lowest BCUT2D eigenvalue weighted by atomic mass is 10.1. The van der Waals surface area contributed by atoms with Crippen molar-refractivity contribution in [3.8, 4) is 0 Å². The lowest BCUT2D eigenvalue weighted by Gasteiger charge is -1.92. The van der Waals surface area contributed by atoms with Gasteiger partial charge in [-0.05, 0) is 11.1 Å². The first-order chi connectivity index (χ1) is 6.95. The largest absolute Gasteiger partial charge is 0.344 e. The molecule has 0 aromatic heterocycles. The summed E-state index contributed by atoms with van der Waals surface area (Å²) in [6.45, 7) is 0. The molecule has 0 aliphatic carbocycles. The first-order valence-corrected chi connectivity index (χ1v) is 4.73. The topological polar surface area (TPSA) is 35.0 Å². The van der Waals surface area contributed by atoms with Crippen LogP contribution in [0.5, 0.6) is 0 Å². The van der Waals surface area contributed by atoms with Crippen molar-refractivity contribution in [2.24, 2.45) is 0 Å². The molecular weight excluding hydrogens is 182 g/mol. The molecule has 15 heavy (non-hydrogen) atoms. The van der Waals surface area contributed by atoms with Gasteiger partial charge in [-0.15, -0.1) is 0 Å². The molecule has 0 heterocycles. The van der Waals surface area contributed by atoms with E-state index in [4.69, 9.17) is 0 Å². The van der Waals surface area contributed by atoms with Crippen LogP contribution in [0.3, 0.4) is 0 Å². The molecule has 0 unspecified atom stereocenters. The summed E-state index contributed by atoms with van der Waals surface area (Å²) in [6.07, 6.45) is 4.24. The number of hydrogen-bond donors (Lipinski definition) is 1. The highest BCUT2D eigenvalue weighted by atomic mass is 14.0. The van der Waals surface area contributed by atoms with Crippen LogP contribution in [-0.2, 0) is 0 Å². The van der Waals surface area contributed by atoms with E-state index in [0.29, 0.717) is 0 Å². The second-order valence-electron chi connectivity index (χ2n) is 3.15. The van der Waals surface area contributed by atoms with E-state index < -0.39 is 0 Å². The van der Waals surface area contributed by atoms with Crippen molar-refractivity contribution in [2.75, 3.05) is 0 Å². The van der Waals surface area contributed by atoms with Gasteiger partial charge < -0.3 is 6.15 Å². The quantitative estimate of drug-likeness (QED) is 0.725. The van der Waals surface area contributed by atoms with Crippen molar-refractivity contribution in [3.05, 3.63) is 71.8 Å². The number of hydrogen-bond acceptors (Lipinski definition) is 1. The highest BCUT2D eigenvalue weighted by Gasteiger charge is 1.84. The molecule has 2 rings (SSSR count). The summed E-state index contributed by atoms with van der Waals surface area (Å²) >= 11 is 0. The Morgan fingerprint density at radius 3 is 1.20 bits per heavy atom. The molecule has 0 atom stereocenters. The van der Waals surface area contributed by atoms with Crippen molar-refractivity contribution in [2.45, 2.75) is 0 Å². The van der Waals surface area contributed by atoms with Gasteiger partial charge in [-0.2, -0.15) is 0 Å². The van der Waals surface area contributed by atoms with Crippen LogP contribution >= 0.6 is 0 Å². The standard InChI is InChI=1S/C14H12.H3N/c1-3-7-13(8-4-1)11-12-14-9-5-2-6-10-14;/h1-12H;1H3. The first-order valence-electron chi connectivity index (χ1n) is 4.73. The minimum atomic E-state index is 0. The molecular formula is C14H15N. The summed E-state index contributed by atoms with van der Waals surface area (Å²) in [5.74, 6) is 0. The monoisotopic (exact) mass is 197 g/mol. The van der Waals surface area contributed by atoms with E-state index in [1.165, 1.54) is 11.1 Å². The smallest absolute Gasteiger partial charge is 0.0256 e. The van der Waals surface area contributed by atoms with Crippen LogP contribution in [0, 0.1) is 0 Å². The molecule has 76 valence electrons. The Morgan fingerprint density at radius 1 is 0.533 bits per heavy atom. The number of rotatable bonds is 2. The molecule has 1 nitrogen and oxygen atoms in total. The van der Waals surface area contributed by atoms with Gasteiger partial charge >= 0.3 is 0 Å². The van der Waals surface area contributed by atoms with Gasteiger partial charge in [0.05, 0.1) is 0 Å². The van der Waals surface area contributed by atoms with Gasteiger partial charge in [0.2, 0.25) is 0 Å². The second kappa shape index (κ2) is 5.78. The first kappa shape index (κ1) is 11.2. The van der Waals surface area contributed by atoms with E-state index >= 15 is 0 Å². The summed E-state index contributed by atoms with van der Waals surface area (Å²) in [4.78, 5) is 0. The Kier molecular flexibility index (Phi) is 4.32. The Hall–Kier alpha value is -1.86. The maximum Gasteiger partial charge on any atom is -0.0256 e. The average Bonchev–Trinajstić information content (AvgIpc) is 2.29. The molecule has 3 N–H and O–H groups in total. The summed E-state index contributed by atoms with van der Waals surface area (Å²) in [6, 6.07) is 20.6. The average molecular weight is 197 g/mol. The third-order valence-corrected chi connectivity index (χ3v) is 2.07. The SMILES string of the molecule is C(=Cc1ccccc1)c1ccccc1.N. The predicted molar refractivity (Wildman–Crippen MR) is 66.8 cm³/mol. The fourth-order valence-corrected chi connectivity index (χ4v) is 1.32. The lowest BCUT2D eigenvalue weighted by molar-refractivity contribution is 1.65. The minimum Gasteiger partial charge on any atom is -0.344 e. The zero-order chi connectivity index (χ0) is 9.64. The Labute approximate surface area is 90.7 Å². The van der Waals surface area contributed by atoms with E-state index in [1.54, 1.807) is 0 Å². The number of benzene rings is 2. The van der Waals surface area contributed by atoms with Crippen LogP contribution in [0.4, 0.5) is 0 Å². The van der Waals surface area contributed by atoms with Crippen LogP contribution in [0.15, 0.2) is 60.7 Å². The van der Waals surface area contributed by atoms with Crippen molar-refractivity contribution in [1.29, 1.82) is 0 Å². The molecule has 0 aliphatic heterocycles. The Morgan fingerprint density at radius 2 is 0.867 bits per heavy atom. The fraction of sp³-hybridized carbons (Fsp3) is 0. The molecule has 0 spiro atoms. The van der Waals surface area contributed by atoms with Gasteiger partial charge in [0.1, 0.15) is 0 Å². The molecule has 0 aliphatic rings. The minimum absolute atomic E-state index is 0. The molecule has 0 amide bonds. The van der Waals surface area contributed by atoms with E-state index in [0.717, 1.165) is 0 Å². The summed E-state index contributed by atoms with van der Waals surface area (Å²) < 4.78 is 0. The predicted octanol–water partition coefficient (Wildman–Crippen LogP) is 4.02. The highest BCUT2D eigenvalue weighted by molar-refractivity contribution is 5.69. The van der Waals surface area contributed by atoms with Gasteiger partial charge in [0, 0.05) is 0 Å². The molecule has 0 bridgehead atoms. The second-order valence-corrected chi connectivity index (χ2v) is 3.15. The zero-order valence-corrected chi connectivity index (χ0v) is 8.64. The van der Waals surface area contributed by atoms with E-state index in [-0.39, 0.29) is 6.15 Å². The van der Waals surface area contributed by atoms with E-state index in [9.17, 15) is 0 Å². The third kappa shape index (κ3) is 3.41. The highest BCUT2D eigenvalue weighted by Crippen LogP contribution is 2.06. The van der Waals surface area contributed by atoms with Crippen molar-refractivity contribution < 1.29 is 0 Å². The van der Waals surface area contributed by atoms with Crippen molar-refractivity contribution in [3.63, 3.8) is 0 Å². The Bertz CT molecular complexity index is 362. The zero-order valence-electron chi connectivity index (χ0n) is 8.64. The third-order valence-electron chi connectivity index (χ3n) is 2.07. The van der Waals surface area contributed by atoms with Crippen LogP contribution in [0.1, 0.15) is 11.1 Å². The molecule has 0 saturated carbocycles. The molecule has 1 heteroatoms. The maximum absolute atomic E-state index is 2.12. The molecule has 2 aromatic carbocycles. The van der Waals surface area contributed by atoms with Gasteiger partial charge in [-0.1, -0.05) is 72.8 Å². The van der Waals surface area contributed by atoms with Gasteiger partial charge in [-0.3, -0.25) is 0 Å². The van der Waals surface area contributed by atoms with Gasteiger partial charge in [0.15, 0.2) is 0 Å². The van der Waals surface area contributed by atoms with Gasteiger partial charge in [0.25, 0.3) is 0 Å². The van der Waals surface area contributed by atoms with Gasteiger partial charge in [-0.25, -0.2) is 0 Å². The molecule has 0 fully saturated rings. The van der Waals surface area contributed by atoms with Crippen LogP contribution in [-0.4, -0.2) is 0 Å². The van der Waals surface area contributed by atoms with Crippen molar-refractivity contribution >= 4 is 12.2 Å². The van der Waals surface area contributed by atoms with Crippen LogP contribution < -0.4 is 6.15 Å². The van der Waals surface area contributed by atoms with Crippen molar-refractivity contribution in [1.82, 2.24) is 6.15 Å². The lowest BCUT2D eigenvalue weighted by Crippen LogP contribution is -1.70. The maximum atomic E-state index is 2.12. The van der Waals surface area contributed by atoms with E-state index in [2.05, 4.69) is 36.4 Å². The molecule has 2 aromatic rings. The van der Waals surface area contributed by atoms with Crippen LogP contribution in [0.25, 0.3) is 12.2 Å². The summed E-state index contributed by atoms with van der Waals surface area (Å²) in [5, 5.41) is 0. The van der Waals surface area contributed by atoms with Crippen LogP contribution in [0.2, 0.25) is 0 Å². The summed E-state index contributed by atoms with van der Waals surface area (Å²) in [5.41, 5.74) is 2.47. The normalized spacial score (nSPS) is 9.87. The fourth-order valence-electron chi connectivity index (χ4n) is 1.32. The molecule has 0 saturated heterocycles. The Balaban J connectivity index is 0.00000112. The summed E-state index contributed by atoms with van der Waals surface area (Å²) in [7, 11) is 0. The van der Waals surface area contributed by atoms with E-state index in [1.807, 2.05) is 36.4 Å². The molecule has 0 radical (unpaired) electrons.